The van der Waals surface area contributed by atoms with E-state index in [1.807, 2.05) is 6.07 Å². The maximum Gasteiger partial charge on any atom is 0.126 e. The maximum atomic E-state index is 9.99. The number of ether oxygens (including phenoxy) is 2. The Kier molecular flexibility index (Phi) is 4.34. The Morgan fingerprint density at radius 1 is 1.41 bits per heavy atom. The van der Waals surface area contributed by atoms with Crippen LogP contribution in [0.15, 0.2) is 12.3 Å². The van der Waals surface area contributed by atoms with Crippen LogP contribution in [0.3, 0.4) is 0 Å². The molecule has 0 aromatic carbocycles. The Morgan fingerprint density at radius 2 is 2.29 bits per heavy atom. The average Bonchev–Trinajstić information content (AvgIpc) is 2.53. The molecular formula is C13H19NO3. The Morgan fingerprint density at radius 3 is 3.12 bits per heavy atom. The third-order valence-electron chi connectivity index (χ3n) is 3.06. The van der Waals surface area contributed by atoms with E-state index in [1.54, 1.807) is 13.3 Å². The molecule has 1 aromatic heterocycles. The van der Waals surface area contributed by atoms with Crippen LogP contribution in [0.5, 0.6) is 5.75 Å². The van der Waals surface area contributed by atoms with E-state index in [4.69, 9.17) is 9.47 Å². The number of nitrogens with zero attached hydrogens (tertiary/aromatic N) is 1. The molecule has 0 saturated carbocycles. The predicted octanol–water partition coefficient (Wildman–Crippen LogP) is 1.87. The molecular weight excluding hydrogens is 218 g/mol. The van der Waals surface area contributed by atoms with Crippen LogP contribution in [0.1, 0.15) is 36.6 Å². The van der Waals surface area contributed by atoms with Crippen LogP contribution in [0.2, 0.25) is 0 Å². The summed E-state index contributed by atoms with van der Waals surface area (Å²) in [5.41, 5.74) is 1.85. The van der Waals surface area contributed by atoms with Crippen LogP contribution in [0, 0.1) is 0 Å². The summed E-state index contributed by atoms with van der Waals surface area (Å²) < 4.78 is 10.6. The van der Waals surface area contributed by atoms with E-state index in [2.05, 4.69) is 4.98 Å². The van der Waals surface area contributed by atoms with Crippen molar-refractivity contribution in [3.8, 4) is 5.75 Å². The number of aliphatic hydroxyl groups excluding tert-OH is 1. The molecule has 1 heterocycles. The van der Waals surface area contributed by atoms with Crippen molar-refractivity contribution in [2.75, 3.05) is 20.3 Å². The molecule has 0 aliphatic heterocycles. The molecule has 1 aliphatic carbocycles. The molecule has 17 heavy (non-hydrogen) atoms. The van der Waals surface area contributed by atoms with E-state index in [1.165, 1.54) is 0 Å². The van der Waals surface area contributed by atoms with Gasteiger partial charge in [0.05, 0.1) is 18.4 Å². The number of aromatic nitrogens is 1. The standard InChI is InChI=1S/C13H19NO3/c1-16-8-9-17-12-6-7-14-13-10(12)4-2-3-5-11(13)15/h6-7,11,15H,2-5,8-9H2,1H3. The number of hydrogen-bond acceptors (Lipinski definition) is 4. The molecule has 0 saturated heterocycles. The van der Waals surface area contributed by atoms with Crippen molar-refractivity contribution in [2.24, 2.45) is 0 Å². The average molecular weight is 237 g/mol. The first-order chi connectivity index (χ1) is 8.33. The molecule has 4 nitrogen and oxygen atoms in total. The van der Waals surface area contributed by atoms with Gasteiger partial charge in [0, 0.05) is 18.9 Å². The van der Waals surface area contributed by atoms with Gasteiger partial charge in [-0.3, -0.25) is 4.98 Å². The van der Waals surface area contributed by atoms with Gasteiger partial charge in [0.15, 0.2) is 0 Å². The zero-order chi connectivity index (χ0) is 12.1. The molecule has 0 bridgehead atoms. The number of rotatable bonds is 4. The van der Waals surface area contributed by atoms with E-state index in [0.717, 1.165) is 42.7 Å². The number of fused-ring (bicyclic) bond motifs is 1. The largest absolute Gasteiger partial charge is 0.491 e. The first kappa shape index (κ1) is 12.3. The van der Waals surface area contributed by atoms with E-state index in [-0.39, 0.29) is 0 Å². The van der Waals surface area contributed by atoms with Gasteiger partial charge < -0.3 is 14.6 Å². The molecule has 94 valence electrons. The highest BCUT2D eigenvalue weighted by atomic mass is 16.5. The van der Waals surface area contributed by atoms with E-state index < -0.39 is 6.10 Å². The van der Waals surface area contributed by atoms with Gasteiger partial charge in [0.2, 0.25) is 0 Å². The van der Waals surface area contributed by atoms with Gasteiger partial charge in [0.1, 0.15) is 12.4 Å². The van der Waals surface area contributed by atoms with Crippen LogP contribution in [-0.4, -0.2) is 30.4 Å². The van der Waals surface area contributed by atoms with Crippen molar-refractivity contribution in [3.05, 3.63) is 23.5 Å². The van der Waals surface area contributed by atoms with Crippen LogP contribution in [0.4, 0.5) is 0 Å². The van der Waals surface area contributed by atoms with Crippen molar-refractivity contribution >= 4 is 0 Å². The highest BCUT2D eigenvalue weighted by Crippen LogP contribution is 2.32. The van der Waals surface area contributed by atoms with E-state index >= 15 is 0 Å². The van der Waals surface area contributed by atoms with Gasteiger partial charge in [-0.25, -0.2) is 0 Å². The summed E-state index contributed by atoms with van der Waals surface area (Å²) in [4.78, 5) is 4.29. The number of hydrogen-bond donors (Lipinski definition) is 1. The summed E-state index contributed by atoms with van der Waals surface area (Å²) in [6.45, 7) is 1.10. The van der Waals surface area contributed by atoms with Crippen LogP contribution >= 0.6 is 0 Å². The smallest absolute Gasteiger partial charge is 0.126 e. The molecule has 1 N–H and O–H groups in total. The minimum absolute atomic E-state index is 0.446. The summed E-state index contributed by atoms with van der Waals surface area (Å²) in [5.74, 6) is 0.841. The van der Waals surface area contributed by atoms with E-state index in [9.17, 15) is 5.11 Å². The lowest BCUT2D eigenvalue weighted by Gasteiger charge is -2.14. The SMILES string of the molecule is COCCOc1ccnc2c1CCCCC2O. The zero-order valence-corrected chi connectivity index (χ0v) is 10.2. The zero-order valence-electron chi connectivity index (χ0n) is 10.2. The van der Waals surface area contributed by atoms with E-state index in [0.29, 0.717) is 13.2 Å². The third-order valence-corrected chi connectivity index (χ3v) is 3.06. The second-order valence-electron chi connectivity index (χ2n) is 4.28. The summed E-state index contributed by atoms with van der Waals surface area (Å²) in [5, 5.41) is 9.99. The third kappa shape index (κ3) is 2.96. The molecule has 1 aromatic rings. The normalized spacial score (nSPS) is 19.5. The lowest BCUT2D eigenvalue weighted by Crippen LogP contribution is -2.09. The number of aliphatic hydroxyl groups is 1. The molecule has 0 radical (unpaired) electrons. The Hall–Kier alpha value is -1.13. The fourth-order valence-corrected chi connectivity index (χ4v) is 2.17. The molecule has 0 spiro atoms. The molecule has 1 atom stereocenters. The quantitative estimate of drug-likeness (QED) is 0.641. The first-order valence-electron chi connectivity index (χ1n) is 6.10. The topological polar surface area (TPSA) is 51.6 Å². The van der Waals surface area contributed by atoms with Crippen molar-refractivity contribution in [3.63, 3.8) is 0 Å². The summed E-state index contributed by atoms with van der Waals surface area (Å²) in [6, 6.07) is 1.87. The van der Waals surface area contributed by atoms with Crippen molar-refractivity contribution in [1.29, 1.82) is 0 Å². The van der Waals surface area contributed by atoms with Crippen LogP contribution < -0.4 is 4.74 Å². The monoisotopic (exact) mass is 237 g/mol. The molecule has 0 fully saturated rings. The van der Waals surface area contributed by atoms with Crippen molar-refractivity contribution in [1.82, 2.24) is 4.98 Å². The van der Waals surface area contributed by atoms with Crippen LogP contribution in [0.25, 0.3) is 0 Å². The highest BCUT2D eigenvalue weighted by molar-refractivity contribution is 5.37. The van der Waals surface area contributed by atoms with Gasteiger partial charge >= 0.3 is 0 Å². The fourth-order valence-electron chi connectivity index (χ4n) is 2.17. The Labute approximate surface area is 102 Å². The van der Waals surface area contributed by atoms with Gasteiger partial charge in [-0.15, -0.1) is 0 Å². The maximum absolute atomic E-state index is 9.99. The summed E-state index contributed by atoms with van der Waals surface area (Å²) in [6.07, 6.45) is 5.10. The molecule has 4 heteroatoms. The van der Waals surface area contributed by atoms with Gasteiger partial charge in [-0.2, -0.15) is 0 Å². The lowest BCUT2D eigenvalue weighted by atomic mass is 10.1. The number of methoxy groups -OCH3 is 1. The minimum atomic E-state index is -0.446. The molecule has 2 rings (SSSR count). The Balaban J connectivity index is 2.19. The van der Waals surface area contributed by atoms with Crippen LogP contribution in [-0.2, 0) is 11.2 Å². The Bertz CT molecular complexity index is 368. The molecule has 0 amide bonds. The van der Waals surface area contributed by atoms with Gasteiger partial charge in [0.25, 0.3) is 0 Å². The lowest BCUT2D eigenvalue weighted by molar-refractivity contribution is 0.144. The second kappa shape index (κ2) is 5.98. The molecule has 1 unspecified atom stereocenters. The van der Waals surface area contributed by atoms with Gasteiger partial charge in [-0.1, -0.05) is 6.42 Å². The second-order valence-corrected chi connectivity index (χ2v) is 4.28. The fraction of sp³-hybridized carbons (Fsp3) is 0.615. The summed E-state index contributed by atoms with van der Waals surface area (Å²) >= 11 is 0. The number of pyridine rings is 1. The molecule has 1 aliphatic rings. The summed E-state index contributed by atoms with van der Waals surface area (Å²) in [7, 11) is 1.65. The minimum Gasteiger partial charge on any atom is -0.491 e. The van der Waals surface area contributed by atoms with Crippen molar-refractivity contribution in [2.45, 2.75) is 31.8 Å². The van der Waals surface area contributed by atoms with Gasteiger partial charge in [-0.05, 0) is 25.3 Å². The first-order valence-corrected chi connectivity index (χ1v) is 6.10. The predicted molar refractivity (Wildman–Crippen MR) is 64.1 cm³/mol. The highest BCUT2D eigenvalue weighted by Gasteiger charge is 2.20. The van der Waals surface area contributed by atoms with Crippen molar-refractivity contribution < 1.29 is 14.6 Å².